The van der Waals surface area contributed by atoms with Gasteiger partial charge in [-0.2, -0.15) is 4.72 Å². The zero-order chi connectivity index (χ0) is 21.8. The Kier molecular flexibility index (Phi) is 7.82. The third-order valence-electron chi connectivity index (χ3n) is 5.91. The van der Waals surface area contributed by atoms with Crippen LogP contribution in [-0.2, 0) is 24.3 Å². The van der Waals surface area contributed by atoms with Crippen molar-refractivity contribution >= 4 is 21.9 Å². The molecule has 1 fully saturated rings. The summed E-state index contributed by atoms with van der Waals surface area (Å²) in [6.45, 7) is 8.95. The highest BCUT2D eigenvalue weighted by molar-refractivity contribution is 7.89. The zero-order valence-corrected chi connectivity index (χ0v) is 18.6. The molecule has 29 heavy (non-hydrogen) atoms. The number of rotatable bonds is 7. The van der Waals surface area contributed by atoms with E-state index in [2.05, 4.69) is 23.9 Å². The van der Waals surface area contributed by atoms with Crippen LogP contribution in [0.3, 0.4) is 0 Å². The van der Waals surface area contributed by atoms with E-state index in [1.54, 1.807) is 12.1 Å². The molecule has 2 N–H and O–H groups in total. The Labute approximate surface area is 173 Å². The molecule has 8 heteroatoms. The van der Waals surface area contributed by atoms with E-state index in [0.29, 0.717) is 11.8 Å². The minimum absolute atomic E-state index is 0.0654. The topological polar surface area (TPSA) is 102 Å². The summed E-state index contributed by atoms with van der Waals surface area (Å²) in [7, 11) is -3.84. The maximum atomic E-state index is 12.4. The molecule has 0 spiro atoms. The number of amides is 1. The van der Waals surface area contributed by atoms with Crippen LogP contribution in [0, 0.1) is 25.7 Å². The molecule has 1 aliphatic carbocycles. The average Bonchev–Trinajstić information content (AvgIpc) is 2.66. The van der Waals surface area contributed by atoms with Crippen molar-refractivity contribution in [3.63, 3.8) is 0 Å². The molecule has 0 heterocycles. The van der Waals surface area contributed by atoms with Gasteiger partial charge in [-0.25, -0.2) is 8.42 Å². The molecule has 0 saturated heterocycles. The molecule has 1 aliphatic rings. The van der Waals surface area contributed by atoms with Crippen LogP contribution in [0.15, 0.2) is 23.1 Å². The van der Waals surface area contributed by atoms with Crippen molar-refractivity contribution in [1.29, 1.82) is 0 Å². The van der Waals surface area contributed by atoms with Gasteiger partial charge >= 0.3 is 5.97 Å². The first kappa shape index (κ1) is 23.3. The van der Waals surface area contributed by atoms with Crippen LogP contribution in [0.25, 0.3) is 0 Å². The summed E-state index contributed by atoms with van der Waals surface area (Å²) in [5, 5.41) is 2.96. The molecule has 0 unspecified atom stereocenters. The Morgan fingerprint density at radius 3 is 2.52 bits per heavy atom. The SMILES string of the molecule is Cc1ccc(S(=O)(=O)NCC(=O)O[C@H](C)C(=O)N[C@H]2CCC[C@H](C)[C@@H]2C)cc1C. The number of sulfonamides is 1. The summed E-state index contributed by atoms with van der Waals surface area (Å²) in [6.07, 6.45) is 2.13. The minimum Gasteiger partial charge on any atom is -0.452 e. The van der Waals surface area contributed by atoms with E-state index < -0.39 is 28.6 Å². The number of benzene rings is 1. The number of nitrogens with one attached hydrogen (secondary N) is 2. The Hall–Kier alpha value is -1.93. The lowest BCUT2D eigenvalue weighted by Crippen LogP contribution is -2.48. The van der Waals surface area contributed by atoms with Gasteiger partial charge in [0.25, 0.3) is 5.91 Å². The molecular weight excluding hydrogens is 392 g/mol. The monoisotopic (exact) mass is 424 g/mol. The molecule has 0 aromatic heterocycles. The van der Waals surface area contributed by atoms with E-state index in [9.17, 15) is 18.0 Å². The fraction of sp³-hybridized carbons (Fsp3) is 0.619. The van der Waals surface area contributed by atoms with E-state index in [1.807, 2.05) is 13.8 Å². The standard InChI is InChI=1S/C21H32N2O5S/c1-13-9-10-18(11-15(13)3)29(26,27)22-12-20(24)28-17(5)21(25)23-19-8-6-7-14(2)16(19)4/h9-11,14,16-17,19,22H,6-8,12H2,1-5H3,(H,23,25)/t14-,16-,17+,19-/m0/s1. The predicted molar refractivity (Wildman–Crippen MR) is 111 cm³/mol. The second-order valence-corrected chi connectivity index (χ2v) is 9.85. The first-order chi connectivity index (χ1) is 13.5. The molecule has 1 saturated carbocycles. The molecule has 1 aromatic carbocycles. The lowest BCUT2D eigenvalue weighted by atomic mass is 9.78. The Balaban J connectivity index is 1.86. The molecule has 7 nitrogen and oxygen atoms in total. The van der Waals surface area contributed by atoms with Crippen LogP contribution >= 0.6 is 0 Å². The zero-order valence-electron chi connectivity index (χ0n) is 17.8. The van der Waals surface area contributed by atoms with Gasteiger partial charge in [0.15, 0.2) is 6.10 Å². The molecular formula is C21H32N2O5S. The molecule has 2 rings (SSSR count). The first-order valence-corrected chi connectivity index (χ1v) is 11.6. The van der Waals surface area contributed by atoms with Crippen LogP contribution in [0.2, 0.25) is 0 Å². The van der Waals surface area contributed by atoms with Crippen LogP contribution in [0.4, 0.5) is 0 Å². The van der Waals surface area contributed by atoms with Crippen molar-refractivity contribution in [3.8, 4) is 0 Å². The fourth-order valence-corrected chi connectivity index (χ4v) is 4.55. The average molecular weight is 425 g/mol. The molecule has 0 radical (unpaired) electrons. The molecule has 0 bridgehead atoms. The maximum absolute atomic E-state index is 12.4. The lowest BCUT2D eigenvalue weighted by Gasteiger charge is -2.35. The van der Waals surface area contributed by atoms with Gasteiger partial charge in [-0.05, 0) is 62.3 Å². The van der Waals surface area contributed by atoms with Crippen molar-refractivity contribution in [2.75, 3.05) is 6.54 Å². The van der Waals surface area contributed by atoms with Crippen LogP contribution in [0.1, 0.15) is 51.2 Å². The summed E-state index contributed by atoms with van der Waals surface area (Å²) in [4.78, 5) is 24.5. The molecule has 1 aromatic rings. The van der Waals surface area contributed by atoms with E-state index in [-0.39, 0.29) is 16.8 Å². The van der Waals surface area contributed by atoms with Gasteiger partial charge in [0, 0.05) is 6.04 Å². The smallest absolute Gasteiger partial charge is 0.321 e. The number of hydrogen-bond acceptors (Lipinski definition) is 5. The number of carbonyl (C=O) groups is 2. The lowest BCUT2D eigenvalue weighted by molar-refractivity contribution is -0.154. The second-order valence-electron chi connectivity index (χ2n) is 8.09. The summed E-state index contributed by atoms with van der Waals surface area (Å²) >= 11 is 0. The molecule has 4 atom stereocenters. The fourth-order valence-electron chi connectivity index (χ4n) is 3.50. The van der Waals surface area contributed by atoms with Crippen molar-refractivity contribution in [3.05, 3.63) is 29.3 Å². The molecule has 162 valence electrons. The van der Waals surface area contributed by atoms with Crippen LogP contribution in [-0.4, -0.2) is 39.0 Å². The van der Waals surface area contributed by atoms with Gasteiger partial charge in [-0.3, -0.25) is 9.59 Å². The highest BCUT2D eigenvalue weighted by Gasteiger charge is 2.30. The summed E-state index contributed by atoms with van der Waals surface area (Å²) in [6, 6.07) is 4.81. The normalized spacial score (nSPS) is 23.3. The number of carbonyl (C=O) groups excluding carboxylic acids is 2. The van der Waals surface area contributed by atoms with Gasteiger partial charge < -0.3 is 10.1 Å². The summed E-state index contributed by atoms with van der Waals surface area (Å²) < 4.78 is 32.0. The van der Waals surface area contributed by atoms with E-state index in [4.69, 9.17) is 4.74 Å². The first-order valence-electron chi connectivity index (χ1n) is 10.1. The second kappa shape index (κ2) is 9.71. The predicted octanol–water partition coefficient (Wildman–Crippen LogP) is 2.45. The molecule has 1 amide bonds. The summed E-state index contributed by atoms with van der Waals surface area (Å²) in [5.74, 6) is -0.265. The Bertz CT molecular complexity index is 853. The Morgan fingerprint density at radius 2 is 1.86 bits per heavy atom. The van der Waals surface area contributed by atoms with Crippen molar-refractivity contribution in [1.82, 2.24) is 10.0 Å². The van der Waals surface area contributed by atoms with Crippen molar-refractivity contribution in [2.24, 2.45) is 11.8 Å². The highest BCUT2D eigenvalue weighted by atomic mass is 32.2. The Morgan fingerprint density at radius 1 is 1.17 bits per heavy atom. The van der Waals surface area contributed by atoms with Crippen LogP contribution < -0.4 is 10.0 Å². The van der Waals surface area contributed by atoms with Crippen molar-refractivity contribution < 1.29 is 22.7 Å². The quantitative estimate of drug-likeness (QED) is 0.655. The van der Waals surface area contributed by atoms with Gasteiger partial charge in [-0.15, -0.1) is 0 Å². The van der Waals surface area contributed by atoms with E-state index >= 15 is 0 Å². The van der Waals surface area contributed by atoms with Crippen LogP contribution in [0.5, 0.6) is 0 Å². The number of hydrogen-bond donors (Lipinski definition) is 2. The van der Waals surface area contributed by atoms with Crippen molar-refractivity contribution in [2.45, 2.75) is 70.9 Å². The minimum atomic E-state index is -3.84. The third kappa shape index (κ3) is 6.27. The van der Waals surface area contributed by atoms with Gasteiger partial charge in [0.1, 0.15) is 6.54 Å². The largest absolute Gasteiger partial charge is 0.452 e. The maximum Gasteiger partial charge on any atom is 0.321 e. The van der Waals surface area contributed by atoms with Gasteiger partial charge in [-0.1, -0.05) is 32.8 Å². The van der Waals surface area contributed by atoms with Gasteiger partial charge in [0.2, 0.25) is 10.0 Å². The van der Waals surface area contributed by atoms with Gasteiger partial charge in [0.05, 0.1) is 4.90 Å². The number of esters is 1. The molecule has 0 aliphatic heterocycles. The number of ether oxygens (including phenoxy) is 1. The van der Waals surface area contributed by atoms with E-state index in [1.165, 1.54) is 13.0 Å². The third-order valence-corrected chi connectivity index (χ3v) is 7.31. The van der Waals surface area contributed by atoms with E-state index in [0.717, 1.165) is 30.4 Å². The highest BCUT2D eigenvalue weighted by Crippen LogP contribution is 2.29. The number of aryl methyl sites for hydroxylation is 2. The summed E-state index contributed by atoms with van der Waals surface area (Å²) in [5.41, 5.74) is 1.82.